The van der Waals surface area contributed by atoms with Crippen LogP contribution in [0.3, 0.4) is 0 Å². The third kappa shape index (κ3) is 3.10. The lowest BCUT2D eigenvalue weighted by molar-refractivity contribution is 0.0997. The third-order valence-electron chi connectivity index (χ3n) is 4.35. The van der Waals surface area contributed by atoms with Gasteiger partial charge in [-0.25, -0.2) is 13.5 Å². The molecule has 2 aromatic heterocycles. The molecule has 0 unspecified atom stereocenters. The molecule has 0 radical (unpaired) electrons. The van der Waals surface area contributed by atoms with Crippen molar-refractivity contribution >= 4 is 33.1 Å². The first-order valence-electron chi connectivity index (χ1n) is 8.23. The highest BCUT2D eigenvalue weighted by Gasteiger charge is 2.20. The molecule has 0 spiro atoms. The van der Waals surface area contributed by atoms with Gasteiger partial charge in [-0.15, -0.1) is 11.3 Å². The highest BCUT2D eigenvalue weighted by molar-refractivity contribution is 7.20. The second-order valence-electron chi connectivity index (χ2n) is 6.14. The number of benzene rings is 2. The lowest BCUT2D eigenvalue weighted by Crippen LogP contribution is -2.25. The fourth-order valence-corrected chi connectivity index (χ4v) is 4.02. The molecular formula is C20H15F2N3OS. The third-order valence-corrected chi connectivity index (χ3v) is 5.44. The Balaban J connectivity index is 1.73. The molecule has 4 aromatic rings. The normalized spacial score (nSPS) is 11.1. The van der Waals surface area contributed by atoms with Crippen LogP contribution in [0, 0.1) is 18.6 Å². The molecule has 4 nitrogen and oxygen atoms in total. The summed E-state index contributed by atoms with van der Waals surface area (Å²) in [6.45, 7) is 1.87. The van der Waals surface area contributed by atoms with Gasteiger partial charge in [0, 0.05) is 18.1 Å². The molecule has 0 saturated carbocycles. The highest BCUT2D eigenvalue weighted by Crippen LogP contribution is 2.31. The van der Waals surface area contributed by atoms with Crippen LogP contribution in [0.4, 0.5) is 14.5 Å². The summed E-state index contributed by atoms with van der Waals surface area (Å²) >= 11 is 1.32. The maximum Gasteiger partial charge on any atom is 0.268 e. The van der Waals surface area contributed by atoms with E-state index in [1.54, 1.807) is 36.0 Å². The van der Waals surface area contributed by atoms with Crippen LogP contribution in [0.2, 0.25) is 0 Å². The fraction of sp³-hybridized carbons (Fsp3) is 0.100. The second-order valence-corrected chi connectivity index (χ2v) is 7.17. The number of carbonyl (C=O) groups excluding carboxylic acids is 1. The smallest absolute Gasteiger partial charge is 0.268 e. The van der Waals surface area contributed by atoms with Gasteiger partial charge in [-0.05, 0) is 61.5 Å². The summed E-state index contributed by atoms with van der Waals surface area (Å²) in [5.74, 6) is -0.855. The van der Waals surface area contributed by atoms with E-state index in [-0.39, 0.29) is 17.5 Å². The molecule has 4 rings (SSSR count). The minimum atomic E-state index is -0.350. The molecule has 0 aliphatic heterocycles. The van der Waals surface area contributed by atoms with Crippen LogP contribution < -0.4 is 4.90 Å². The van der Waals surface area contributed by atoms with Crippen molar-refractivity contribution < 1.29 is 13.6 Å². The van der Waals surface area contributed by atoms with Crippen molar-refractivity contribution in [3.8, 4) is 5.69 Å². The fourth-order valence-electron chi connectivity index (χ4n) is 2.86. The van der Waals surface area contributed by atoms with Gasteiger partial charge < -0.3 is 4.90 Å². The van der Waals surface area contributed by atoms with E-state index in [4.69, 9.17) is 0 Å². The first kappa shape index (κ1) is 17.4. The minimum absolute atomic E-state index is 0.187. The van der Waals surface area contributed by atoms with E-state index in [0.717, 1.165) is 21.6 Å². The van der Waals surface area contributed by atoms with Crippen LogP contribution in [-0.4, -0.2) is 22.7 Å². The quantitative estimate of drug-likeness (QED) is 0.502. The lowest BCUT2D eigenvalue weighted by Gasteiger charge is -2.16. The standard InChI is InChI=1S/C20H15F2N3OS/c1-12-17-11-18(19(26)24(2)15-7-3-13(21)4-8-15)27-20(17)25(23-12)16-9-5-14(22)6-10-16/h3-11H,1-2H3. The van der Waals surface area contributed by atoms with Gasteiger partial charge in [-0.1, -0.05) is 0 Å². The summed E-state index contributed by atoms with van der Waals surface area (Å²) in [6, 6.07) is 13.6. The van der Waals surface area contributed by atoms with Crippen LogP contribution in [-0.2, 0) is 0 Å². The minimum Gasteiger partial charge on any atom is -0.311 e. The summed E-state index contributed by atoms with van der Waals surface area (Å²) in [7, 11) is 1.65. The number of anilines is 1. The Bertz CT molecular complexity index is 1130. The molecule has 0 saturated heterocycles. The van der Waals surface area contributed by atoms with Crippen LogP contribution in [0.1, 0.15) is 15.4 Å². The van der Waals surface area contributed by atoms with Gasteiger partial charge in [0.2, 0.25) is 0 Å². The Hall–Kier alpha value is -3.06. The van der Waals surface area contributed by atoms with Crippen LogP contribution >= 0.6 is 11.3 Å². The van der Waals surface area contributed by atoms with Gasteiger partial charge in [0.05, 0.1) is 16.3 Å². The topological polar surface area (TPSA) is 38.1 Å². The number of hydrogen-bond acceptors (Lipinski definition) is 3. The van der Waals surface area contributed by atoms with Crippen molar-refractivity contribution in [3.63, 3.8) is 0 Å². The first-order valence-corrected chi connectivity index (χ1v) is 9.04. The van der Waals surface area contributed by atoms with E-state index < -0.39 is 0 Å². The predicted octanol–water partition coefficient (Wildman–Crippen LogP) is 4.95. The first-order chi connectivity index (χ1) is 12.9. The Kier molecular flexibility index (Phi) is 4.24. The van der Waals surface area contributed by atoms with Crippen LogP contribution in [0.5, 0.6) is 0 Å². The Morgan fingerprint density at radius 3 is 2.26 bits per heavy atom. The molecule has 0 fully saturated rings. The SMILES string of the molecule is Cc1nn(-c2ccc(F)cc2)c2sc(C(=O)N(C)c3ccc(F)cc3)cc12. The number of nitrogens with zero attached hydrogens (tertiary/aromatic N) is 3. The molecule has 0 aliphatic rings. The number of rotatable bonds is 3. The number of aryl methyl sites for hydroxylation is 1. The van der Waals surface area contributed by atoms with Crippen molar-refractivity contribution in [2.75, 3.05) is 11.9 Å². The number of amides is 1. The zero-order chi connectivity index (χ0) is 19.1. The van der Waals surface area contributed by atoms with Crippen LogP contribution in [0.25, 0.3) is 15.9 Å². The number of thiophene rings is 1. The zero-order valence-electron chi connectivity index (χ0n) is 14.6. The van der Waals surface area contributed by atoms with Crippen molar-refractivity contribution in [3.05, 3.63) is 76.8 Å². The van der Waals surface area contributed by atoms with Gasteiger partial charge in [0.1, 0.15) is 16.5 Å². The molecule has 136 valence electrons. The number of aromatic nitrogens is 2. The average molecular weight is 383 g/mol. The van der Waals surface area contributed by atoms with E-state index >= 15 is 0 Å². The van der Waals surface area contributed by atoms with Gasteiger partial charge >= 0.3 is 0 Å². The Morgan fingerprint density at radius 1 is 1.04 bits per heavy atom. The molecule has 1 amide bonds. The zero-order valence-corrected chi connectivity index (χ0v) is 15.4. The predicted molar refractivity (Wildman–Crippen MR) is 103 cm³/mol. The molecule has 2 heterocycles. The molecule has 0 bridgehead atoms. The molecule has 0 N–H and O–H groups in total. The van der Waals surface area contributed by atoms with E-state index in [2.05, 4.69) is 5.10 Å². The summed E-state index contributed by atoms with van der Waals surface area (Å²) in [5.41, 5.74) is 2.12. The van der Waals surface area contributed by atoms with E-state index in [1.807, 2.05) is 13.0 Å². The maximum absolute atomic E-state index is 13.2. The van der Waals surface area contributed by atoms with Crippen molar-refractivity contribution in [1.82, 2.24) is 9.78 Å². The van der Waals surface area contributed by atoms with E-state index in [9.17, 15) is 13.6 Å². The summed E-state index contributed by atoms with van der Waals surface area (Å²) in [4.78, 5) is 15.7. The average Bonchev–Trinajstić information content (AvgIpc) is 3.23. The van der Waals surface area contributed by atoms with Crippen LogP contribution in [0.15, 0.2) is 54.6 Å². The number of carbonyl (C=O) groups is 1. The molecule has 0 aliphatic carbocycles. The molecule has 7 heteroatoms. The summed E-state index contributed by atoms with van der Waals surface area (Å²) in [5, 5.41) is 5.38. The van der Waals surface area contributed by atoms with E-state index in [0.29, 0.717) is 10.6 Å². The Labute approximate surface area is 158 Å². The van der Waals surface area contributed by atoms with Crippen molar-refractivity contribution in [2.24, 2.45) is 0 Å². The number of halogens is 2. The Morgan fingerprint density at radius 2 is 1.63 bits per heavy atom. The lowest BCUT2D eigenvalue weighted by atomic mass is 10.2. The number of fused-ring (bicyclic) bond motifs is 1. The highest BCUT2D eigenvalue weighted by atomic mass is 32.1. The van der Waals surface area contributed by atoms with E-state index in [1.165, 1.54) is 40.5 Å². The largest absolute Gasteiger partial charge is 0.311 e. The molecular weight excluding hydrogens is 368 g/mol. The monoisotopic (exact) mass is 383 g/mol. The van der Waals surface area contributed by atoms with Gasteiger partial charge in [-0.3, -0.25) is 4.79 Å². The maximum atomic E-state index is 13.2. The molecule has 0 atom stereocenters. The molecule has 2 aromatic carbocycles. The summed E-state index contributed by atoms with van der Waals surface area (Å²) in [6.07, 6.45) is 0. The van der Waals surface area contributed by atoms with Crippen molar-refractivity contribution in [1.29, 1.82) is 0 Å². The second kappa shape index (κ2) is 6.59. The van der Waals surface area contributed by atoms with Gasteiger partial charge in [0.25, 0.3) is 5.91 Å². The summed E-state index contributed by atoms with van der Waals surface area (Å²) < 4.78 is 28.0. The van der Waals surface area contributed by atoms with Crippen molar-refractivity contribution in [2.45, 2.75) is 6.92 Å². The molecule has 27 heavy (non-hydrogen) atoms. The van der Waals surface area contributed by atoms with Gasteiger partial charge in [0.15, 0.2) is 0 Å². The number of hydrogen-bond donors (Lipinski definition) is 0. The van der Waals surface area contributed by atoms with Gasteiger partial charge in [-0.2, -0.15) is 5.10 Å².